The van der Waals surface area contributed by atoms with Crippen LogP contribution < -0.4 is 15.4 Å². The molecule has 0 unspecified atom stereocenters. The van der Waals surface area contributed by atoms with E-state index in [2.05, 4.69) is 15.5 Å². The van der Waals surface area contributed by atoms with Crippen LogP contribution in [-0.4, -0.2) is 56.5 Å². The Morgan fingerprint density at radius 2 is 1.75 bits per heavy atom. The van der Waals surface area contributed by atoms with Gasteiger partial charge in [-0.3, -0.25) is 9.59 Å². The highest BCUT2D eigenvalue weighted by Gasteiger charge is 2.32. The molecular formula is C23H32F3N3O3. The predicted octanol–water partition coefficient (Wildman–Crippen LogP) is 3.46. The van der Waals surface area contributed by atoms with Gasteiger partial charge >= 0.3 is 6.18 Å². The van der Waals surface area contributed by atoms with Gasteiger partial charge in [-0.15, -0.1) is 0 Å². The summed E-state index contributed by atoms with van der Waals surface area (Å²) in [6.07, 6.45) is 1.51. The number of methoxy groups -OCH3 is 1. The molecule has 9 heteroatoms. The van der Waals surface area contributed by atoms with Crippen molar-refractivity contribution in [2.24, 2.45) is 11.8 Å². The van der Waals surface area contributed by atoms with Gasteiger partial charge in [0.15, 0.2) is 0 Å². The molecule has 1 aliphatic carbocycles. The maximum absolute atomic E-state index is 13.1. The van der Waals surface area contributed by atoms with Gasteiger partial charge in [0, 0.05) is 31.1 Å². The van der Waals surface area contributed by atoms with Gasteiger partial charge in [0.1, 0.15) is 5.75 Å². The summed E-state index contributed by atoms with van der Waals surface area (Å²) < 4.78 is 44.1. The second kappa shape index (κ2) is 11.0. The minimum Gasteiger partial charge on any atom is -0.497 e. The summed E-state index contributed by atoms with van der Waals surface area (Å²) in [5.74, 6) is 0.0909. The van der Waals surface area contributed by atoms with E-state index < -0.39 is 17.6 Å². The van der Waals surface area contributed by atoms with Crippen LogP contribution in [0.15, 0.2) is 18.2 Å². The first-order valence-corrected chi connectivity index (χ1v) is 11.3. The highest BCUT2D eigenvalue weighted by atomic mass is 19.4. The van der Waals surface area contributed by atoms with Crippen molar-refractivity contribution in [1.29, 1.82) is 0 Å². The summed E-state index contributed by atoms with van der Waals surface area (Å²) in [6.45, 7) is 3.62. The number of hydrogen-bond acceptors (Lipinski definition) is 4. The van der Waals surface area contributed by atoms with E-state index in [0.717, 1.165) is 70.3 Å². The zero-order valence-electron chi connectivity index (χ0n) is 18.5. The van der Waals surface area contributed by atoms with Crippen molar-refractivity contribution in [2.45, 2.75) is 44.7 Å². The van der Waals surface area contributed by atoms with E-state index >= 15 is 0 Å². The van der Waals surface area contributed by atoms with Crippen LogP contribution in [0.4, 0.5) is 13.2 Å². The van der Waals surface area contributed by atoms with Crippen LogP contribution in [0, 0.1) is 11.8 Å². The van der Waals surface area contributed by atoms with Gasteiger partial charge in [-0.2, -0.15) is 13.2 Å². The third kappa shape index (κ3) is 6.85. The number of hydrogen-bond donors (Lipinski definition) is 2. The molecule has 1 heterocycles. The lowest BCUT2D eigenvalue weighted by Gasteiger charge is -2.32. The molecule has 0 atom stereocenters. The number of benzene rings is 1. The molecule has 178 valence electrons. The molecule has 1 saturated carbocycles. The molecule has 1 aromatic carbocycles. The van der Waals surface area contributed by atoms with Crippen molar-refractivity contribution in [3.63, 3.8) is 0 Å². The normalized spacial score (nSPS) is 18.5. The lowest BCUT2D eigenvalue weighted by Crippen LogP contribution is -2.42. The van der Waals surface area contributed by atoms with Crippen LogP contribution in [0.1, 0.15) is 54.4 Å². The number of amides is 2. The SMILES string of the molecule is COc1cc(C(=O)NCC2CCN(CCNC(=O)C3CCCC3)CC2)cc(C(F)(F)F)c1. The van der Waals surface area contributed by atoms with Crippen LogP contribution >= 0.6 is 0 Å². The maximum atomic E-state index is 13.1. The van der Waals surface area contributed by atoms with E-state index in [1.54, 1.807) is 0 Å². The van der Waals surface area contributed by atoms with Crippen molar-refractivity contribution in [3.8, 4) is 5.75 Å². The molecule has 3 rings (SSSR count). The zero-order chi connectivity index (χ0) is 23.1. The summed E-state index contributed by atoms with van der Waals surface area (Å²) in [7, 11) is 1.27. The van der Waals surface area contributed by atoms with Gasteiger partial charge in [-0.1, -0.05) is 12.8 Å². The summed E-state index contributed by atoms with van der Waals surface area (Å²) in [5, 5.41) is 5.80. The molecule has 1 aromatic rings. The van der Waals surface area contributed by atoms with Gasteiger partial charge in [0.05, 0.1) is 12.7 Å². The maximum Gasteiger partial charge on any atom is 0.416 e. The van der Waals surface area contributed by atoms with Gasteiger partial charge in [0.2, 0.25) is 5.91 Å². The van der Waals surface area contributed by atoms with Gasteiger partial charge in [-0.25, -0.2) is 0 Å². The Balaban J connectivity index is 1.39. The average Bonchev–Trinajstić information content (AvgIpc) is 3.32. The fourth-order valence-electron chi connectivity index (χ4n) is 4.43. The number of carbonyl (C=O) groups is 2. The standard InChI is InChI=1S/C23H32F3N3O3/c1-32-20-13-18(12-19(14-20)23(24,25)26)22(31)28-15-16-6-9-29(10-7-16)11-8-27-21(30)17-4-2-3-5-17/h12-14,16-17H,2-11,15H2,1H3,(H,27,30)(H,28,31). The molecule has 1 saturated heterocycles. The number of ether oxygens (including phenoxy) is 1. The van der Waals surface area contributed by atoms with Crippen molar-refractivity contribution in [2.75, 3.05) is 39.8 Å². The monoisotopic (exact) mass is 455 g/mol. The highest BCUT2D eigenvalue weighted by molar-refractivity contribution is 5.94. The first-order chi connectivity index (χ1) is 15.3. The Kier molecular flexibility index (Phi) is 8.39. The first kappa shape index (κ1) is 24.4. The van der Waals surface area contributed by atoms with Crippen LogP contribution in [0.2, 0.25) is 0 Å². The lowest BCUT2D eigenvalue weighted by molar-refractivity contribution is -0.137. The first-order valence-electron chi connectivity index (χ1n) is 11.3. The number of nitrogens with zero attached hydrogens (tertiary/aromatic N) is 1. The van der Waals surface area contributed by atoms with Crippen LogP contribution in [-0.2, 0) is 11.0 Å². The molecule has 0 bridgehead atoms. The Morgan fingerprint density at radius 3 is 2.38 bits per heavy atom. The van der Waals surface area contributed by atoms with E-state index in [0.29, 0.717) is 13.1 Å². The summed E-state index contributed by atoms with van der Waals surface area (Å²) in [6, 6.07) is 3.04. The quantitative estimate of drug-likeness (QED) is 0.630. The fourth-order valence-corrected chi connectivity index (χ4v) is 4.43. The molecule has 32 heavy (non-hydrogen) atoms. The number of likely N-dealkylation sites (tertiary alicyclic amines) is 1. The van der Waals surface area contributed by atoms with Gasteiger partial charge in [0.25, 0.3) is 5.91 Å². The van der Waals surface area contributed by atoms with E-state index in [4.69, 9.17) is 4.74 Å². The van der Waals surface area contributed by atoms with Crippen molar-refractivity contribution in [3.05, 3.63) is 29.3 Å². The van der Waals surface area contributed by atoms with Crippen molar-refractivity contribution >= 4 is 11.8 Å². The number of alkyl halides is 3. The highest BCUT2D eigenvalue weighted by Crippen LogP contribution is 2.32. The smallest absolute Gasteiger partial charge is 0.416 e. The third-order valence-corrected chi connectivity index (χ3v) is 6.44. The fraction of sp³-hybridized carbons (Fsp3) is 0.652. The van der Waals surface area contributed by atoms with Crippen molar-refractivity contribution < 1.29 is 27.5 Å². The Morgan fingerprint density at radius 1 is 1.06 bits per heavy atom. The van der Waals surface area contributed by atoms with Gasteiger partial charge in [-0.05, 0) is 62.9 Å². The molecule has 2 amide bonds. The summed E-state index contributed by atoms with van der Waals surface area (Å²) in [4.78, 5) is 26.8. The van der Waals surface area contributed by atoms with E-state index in [-0.39, 0.29) is 29.1 Å². The topological polar surface area (TPSA) is 70.7 Å². The lowest BCUT2D eigenvalue weighted by atomic mass is 9.96. The third-order valence-electron chi connectivity index (χ3n) is 6.44. The van der Waals surface area contributed by atoms with Gasteiger partial charge < -0.3 is 20.3 Å². The Hall–Kier alpha value is -2.29. The number of piperidine rings is 1. The van der Waals surface area contributed by atoms with Crippen LogP contribution in [0.25, 0.3) is 0 Å². The van der Waals surface area contributed by atoms with E-state index in [9.17, 15) is 22.8 Å². The molecule has 0 aromatic heterocycles. The molecule has 2 N–H and O–H groups in total. The molecule has 1 aliphatic heterocycles. The predicted molar refractivity (Wildman–Crippen MR) is 114 cm³/mol. The van der Waals surface area contributed by atoms with E-state index in [1.165, 1.54) is 13.2 Å². The molecular weight excluding hydrogens is 423 g/mol. The second-order valence-electron chi connectivity index (χ2n) is 8.72. The number of rotatable bonds is 8. The van der Waals surface area contributed by atoms with Crippen molar-refractivity contribution in [1.82, 2.24) is 15.5 Å². The summed E-state index contributed by atoms with van der Waals surface area (Å²) >= 11 is 0. The largest absolute Gasteiger partial charge is 0.497 e. The number of carbonyl (C=O) groups excluding carboxylic acids is 2. The second-order valence-corrected chi connectivity index (χ2v) is 8.72. The van der Waals surface area contributed by atoms with Crippen LogP contribution in [0.3, 0.4) is 0 Å². The molecule has 6 nitrogen and oxygen atoms in total. The van der Waals surface area contributed by atoms with E-state index in [1.807, 2.05) is 0 Å². The molecule has 0 radical (unpaired) electrons. The molecule has 0 spiro atoms. The Bertz CT molecular complexity index is 786. The van der Waals surface area contributed by atoms with Crippen LogP contribution in [0.5, 0.6) is 5.75 Å². The Labute approximate surface area is 186 Å². The average molecular weight is 456 g/mol. The molecule has 2 aliphatic rings. The number of halogens is 3. The summed E-state index contributed by atoms with van der Waals surface area (Å²) in [5.41, 5.74) is -0.970. The molecule has 2 fully saturated rings. The minimum atomic E-state index is -4.55. The number of nitrogens with one attached hydrogen (secondary N) is 2. The zero-order valence-corrected chi connectivity index (χ0v) is 18.5. The minimum absolute atomic E-state index is 0.00157.